The molecule has 44 heavy (non-hydrogen) atoms. The first-order valence-corrected chi connectivity index (χ1v) is 18.1. The van der Waals surface area contributed by atoms with E-state index in [1.807, 2.05) is 4.72 Å². The van der Waals surface area contributed by atoms with Crippen LogP contribution >= 0.6 is 0 Å². The smallest absolute Gasteiger partial charge is 0.421 e. The summed E-state index contributed by atoms with van der Waals surface area (Å²) < 4.78 is 43.3. The fourth-order valence-corrected chi connectivity index (χ4v) is 11.6. The zero-order valence-corrected chi connectivity index (χ0v) is 28.1. The van der Waals surface area contributed by atoms with Gasteiger partial charge in [-0.15, -0.1) is 0 Å². The summed E-state index contributed by atoms with van der Waals surface area (Å²) in [6.07, 6.45) is 7.20. The molecule has 0 radical (unpaired) electrons. The van der Waals surface area contributed by atoms with Gasteiger partial charge >= 0.3 is 6.09 Å². The number of amides is 1. The monoisotopic (exact) mass is 635 g/mol. The van der Waals surface area contributed by atoms with Gasteiger partial charge in [-0.05, 0) is 116 Å². The molecular weight excluding hydrogens is 582 g/mol. The Morgan fingerprint density at radius 2 is 1.68 bits per heavy atom. The number of aliphatic hydroxyl groups is 2. The van der Waals surface area contributed by atoms with Gasteiger partial charge in [0.15, 0.2) is 11.5 Å². The summed E-state index contributed by atoms with van der Waals surface area (Å²) >= 11 is 0. The molecule has 0 aliphatic heterocycles. The lowest BCUT2D eigenvalue weighted by Crippen LogP contribution is -2.62. The molecule has 0 spiro atoms. The summed E-state index contributed by atoms with van der Waals surface area (Å²) in [5, 5.41) is 22.5. The minimum Gasteiger partial charge on any atom is -0.493 e. The van der Waals surface area contributed by atoms with Crippen LogP contribution in [0.4, 0.5) is 4.79 Å². The van der Waals surface area contributed by atoms with Gasteiger partial charge in [-0.3, -0.25) is 0 Å². The Balaban J connectivity index is 1.20. The largest absolute Gasteiger partial charge is 0.493 e. The van der Waals surface area contributed by atoms with Crippen molar-refractivity contribution < 1.29 is 37.6 Å². The highest BCUT2D eigenvalue weighted by atomic mass is 32.2. The van der Waals surface area contributed by atoms with Gasteiger partial charge in [0, 0.05) is 6.07 Å². The van der Waals surface area contributed by atoms with Crippen molar-refractivity contribution in [3.63, 3.8) is 0 Å². The number of carbonyl (C=O) groups excluding carboxylic acids is 1. The van der Waals surface area contributed by atoms with Gasteiger partial charge in [0.25, 0.3) is 10.0 Å². The number of rotatable bonds is 9. The van der Waals surface area contributed by atoms with Crippen LogP contribution in [0, 0.1) is 52.3 Å². The highest BCUT2D eigenvalue weighted by molar-refractivity contribution is 7.90. The first kappa shape index (κ1) is 33.3. The van der Waals surface area contributed by atoms with E-state index in [1.54, 1.807) is 0 Å². The van der Waals surface area contributed by atoms with Gasteiger partial charge < -0.3 is 24.4 Å². The molecule has 0 bridgehead atoms. The normalized spacial score (nSPS) is 38.9. The van der Waals surface area contributed by atoms with Crippen LogP contribution in [-0.2, 0) is 14.8 Å². The maximum atomic E-state index is 12.8. The maximum absolute atomic E-state index is 12.8. The van der Waals surface area contributed by atoms with Crippen LogP contribution in [0.15, 0.2) is 23.1 Å². The Morgan fingerprint density at radius 1 is 1.00 bits per heavy atom. The highest BCUT2D eigenvalue weighted by Gasteiger charge is 2.64. The first-order valence-electron chi connectivity index (χ1n) is 16.6. The zero-order chi connectivity index (χ0) is 32.0. The average Bonchev–Trinajstić information content (AvgIpc) is 3.34. The van der Waals surface area contributed by atoms with Crippen molar-refractivity contribution in [3.8, 4) is 11.5 Å². The lowest BCUT2D eigenvalue weighted by Gasteiger charge is -2.64. The second kappa shape index (κ2) is 12.6. The highest BCUT2D eigenvalue weighted by Crippen LogP contribution is 2.69. The number of carbonyl (C=O) groups is 1. The number of benzene rings is 1. The number of ether oxygens (including phenoxy) is 3. The van der Waals surface area contributed by atoms with Crippen LogP contribution < -0.4 is 14.2 Å². The molecule has 0 aromatic heterocycles. The van der Waals surface area contributed by atoms with Crippen LogP contribution in [0.3, 0.4) is 0 Å². The summed E-state index contributed by atoms with van der Waals surface area (Å²) in [7, 11) is -1.28. The number of hydrogen-bond donors (Lipinski definition) is 3. The number of methoxy groups -OCH3 is 2. The topological polar surface area (TPSA) is 131 Å². The van der Waals surface area contributed by atoms with Crippen molar-refractivity contribution in [2.75, 3.05) is 20.8 Å². The van der Waals surface area contributed by atoms with Crippen LogP contribution in [0.5, 0.6) is 11.5 Å². The lowest BCUT2D eigenvalue weighted by atomic mass is 9.41. The average molecular weight is 636 g/mol. The van der Waals surface area contributed by atoms with Gasteiger partial charge in [0.05, 0.1) is 37.9 Å². The second-order valence-corrected chi connectivity index (χ2v) is 16.3. The molecule has 4 fully saturated rings. The summed E-state index contributed by atoms with van der Waals surface area (Å²) in [4.78, 5) is 12.4. The van der Waals surface area contributed by atoms with E-state index < -0.39 is 16.1 Å². The van der Waals surface area contributed by atoms with E-state index in [1.165, 1.54) is 32.4 Å². The molecule has 4 aliphatic rings. The van der Waals surface area contributed by atoms with Crippen molar-refractivity contribution in [1.29, 1.82) is 0 Å². The van der Waals surface area contributed by atoms with Gasteiger partial charge in [-0.1, -0.05) is 34.1 Å². The molecule has 1 aromatic rings. The lowest BCUT2D eigenvalue weighted by molar-refractivity contribution is -0.203. The number of aliphatic hydroxyl groups excluding tert-OH is 2. The SMILES string of the molecule is CC[C@H]1[C@@H](O)[C@@H]2[C@H](CC[C@]3(C)[C@@H]([C@H](C)CCOC(=O)NS(=O)(=O)c4ccc(OC)c(OC)c4)CC[C@@H]23)[C@@]2(C)CC[C@@H](O)C[C@@H]12. The van der Waals surface area contributed by atoms with Gasteiger partial charge in [0.1, 0.15) is 0 Å². The molecule has 4 saturated carbocycles. The third-order valence-electron chi connectivity index (χ3n) is 12.8. The van der Waals surface area contributed by atoms with E-state index in [2.05, 4.69) is 27.7 Å². The standard InChI is InChI=1S/C34H53NO8S/c1-7-23-27-18-21(36)12-15-34(27,4)26-13-16-33(3)24(9-10-25(33)30(26)31(23)37)20(2)14-17-43-32(38)35-44(39,40)22-8-11-28(41-5)29(19-22)42-6/h8,11,19-21,23-27,30-31,36-37H,7,9-10,12-18H2,1-6H3,(H,35,38)/t20-,21-,23-,24-,25+,26+,27+,30+,31-,33-,34-/m1/s1. The first-order chi connectivity index (χ1) is 20.8. The fraction of sp³-hybridized carbons (Fsp3) is 0.794. The van der Waals surface area contributed by atoms with Crippen molar-refractivity contribution in [3.05, 3.63) is 18.2 Å². The van der Waals surface area contributed by atoms with Crippen molar-refractivity contribution in [2.45, 2.75) is 103 Å². The molecule has 11 atom stereocenters. The Hall–Kier alpha value is -2.04. The minimum absolute atomic E-state index is 0.107. The molecule has 0 saturated heterocycles. The Morgan fingerprint density at radius 3 is 2.36 bits per heavy atom. The summed E-state index contributed by atoms with van der Waals surface area (Å²) in [5.74, 6) is 3.21. The predicted molar refractivity (Wildman–Crippen MR) is 167 cm³/mol. The summed E-state index contributed by atoms with van der Waals surface area (Å²) in [6.45, 7) is 9.43. The number of nitrogens with one attached hydrogen (secondary N) is 1. The number of fused-ring (bicyclic) bond motifs is 5. The van der Waals surface area contributed by atoms with E-state index in [0.29, 0.717) is 35.8 Å². The van der Waals surface area contributed by atoms with Crippen molar-refractivity contribution >= 4 is 16.1 Å². The van der Waals surface area contributed by atoms with Crippen LogP contribution in [-0.4, -0.2) is 57.8 Å². The molecule has 248 valence electrons. The molecule has 0 unspecified atom stereocenters. The molecule has 5 rings (SSSR count). The molecule has 1 amide bonds. The second-order valence-electron chi connectivity index (χ2n) is 14.6. The number of hydrogen-bond acceptors (Lipinski definition) is 8. The Bertz CT molecular complexity index is 1300. The maximum Gasteiger partial charge on any atom is 0.421 e. The molecule has 4 aliphatic carbocycles. The summed E-state index contributed by atoms with van der Waals surface area (Å²) in [5.41, 5.74) is 0.281. The Kier molecular flexibility index (Phi) is 9.57. The molecule has 10 heteroatoms. The third-order valence-corrected chi connectivity index (χ3v) is 14.1. The molecule has 9 nitrogen and oxygen atoms in total. The van der Waals surface area contributed by atoms with Crippen LogP contribution in [0.2, 0.25) is 0 Å². The zero-order valence-electron chi connectivity index (χ0n) is 27.3. The summed E-state index contributed by atoms with van der Waals surface area (Å²) in [6, 6.07) is 4.11. The van der Waals surface area contributed by atoms with E-state index >= 15 is 0 Å². The van der Waals surface area contributed by atoms with Crippen LogP contribution in [0.1, 0.15) is 85.5 Å². The quantitative estimate of drug-likeness (QED) is 0.312. The van der Waals surface area contributed by atoms with Gasteiger partial charge in [-0.25, -0.2) is 17.9 Å². The molecule has 3 N–H and O–H groups in total. The van der Waals surface area contributed by atoms with Crippen LogP contribution in [0.25, 0.3) is 0 Å². The van der Waals surface area contributed by atoms with Crippen molar-refractivity contribution in [1.82, 2.24) is 4.72 Å². The predicted octanol–water partition coefficient (Wildman–Crippen LogP) is 5.77. The van der Waals surface area contributed by atoms with Crippen molar-refractivity contribution in [2.24, 2.45) is 52.3 Å². The fourth-order valence-electron chi connectivity index (χ4n) is 10.7. The third kappa shape index (κ3) is 5.72. The number of sulfonamides is 1. The molecule has 0 heterocycles. The van der Waals surface area contributed by atoms with E-state index in [0.717, 1.165) is 51.4 Å². The Labute approximate surface area is 263 Å². The minimum atomic E-state index is -4.15. The molecule has 1 aromatic carbocycles. The van der Waals surface area contributed by atoms with Gasteiger partial charge in [0.2, 0.25) is 0 Å². The van der Waals surface area contributed by atoms with E-state index in [-0.39, 0.29) is 58.0 Å². The van der Waals surface area contributed by atoms with E-state index in [4.69, 9.17) is 14.2 Å². The van der Waals surface area contributed by atoms with Gasteiger partial charge in [-0.2, -0.15) is 0 Å². The van der Waals surface area contributed by atoms with E-state index in [9.17, 15) is 23.4 Å². The molecular formula is C34H53NO8S.